The molecule has 0 aliphatic carbocycles. The minimum Gasteiger partial charge on any atom is -0.339 e. The summed E-state index contributed by atoms with van der Waals surface area (Å²) in [6, 6.07) is 16.2. The van der Waals surface area contributed by atoms with Gasteiger partial charge < -0.3 is 9.97 Å². The molecule has 0 amide bonds. The Morgan fingerprint density at radius 1 is 1.00 bits per heavy atom. The molecule has 5 nitrogen and oxygen atoms in total. The zero-order valence-electron chi connectivity index (χ0n) is 13.0. The predicted molar refractivity (Wildman–Crippen MR) is 101 cm³/mol. The van der Waals surface area contributed by atoms with E-state index in [1.807, 2.05) is 30.3 Å². The number of hydrogen-bond donors (Lipinski definition) is 2. The van der Waals surface area contributed by atoms with E-state index >= 15 is 0 Å². The van der Waals surface area contributed by atoms with E-state index in [0.29, 0.717) is 11.0 Å². The zero-order chi connectivity index (χ0) is 16.8. The van der Waals surface area contributed by atoms with Crippen LogP contribution >= 0.6 is 11.3 Å². The number of aromatic amines is 2. The first-order valence-corrected chi connectivity index (χ1v) is 8.61. The van der Waals surface area contributed by atoms with Crippen molar-refractivity contribution in [3.63, 3.8) is 0 Å². The van der Waals surface area contributed by atoms with Gasteiger partial charge in [0.15, 0.2) is 0 Å². The lowest BCUT2D eigenvalue weighted by atomic mass is 10.1. The summed E-state index contributed by atoms with van der Waals surface area (Å²) >= 11 is 1.72. The van der Waals surface area contributed by atoms with Crippen molar-refractivity contribution in [3.05, 3.63) is 71.4 Å². The molecule has 0 atom stereocenters. The number of pyridine rings is 1. The van der Waals surface area contributed by atoms with Gasteiger partial charge in [-0.2, -0.15) is 0 Å². The topological polar surface area (TPSA) is 74.4 Å². The van der Waals surface area contributed by atoms with Gasteiger partial charge in [-0.05, 0) is 35.7 Å². The van der Waals surface area contributed by atoms with Crippen LogP contribution in [0, 0.1) is 0 Å². The Bertz CT molecular complexity index is 1250. The van der Waals surface area contributed by atoms with Gasteiger partial charge in [0.1, 0.15) is 5.65 Å². The van der Waals surface area contributed by atoms with E-state index in [9.17, 15) is 4.79 Å². The molecule has 1 aromatic carbocycles. The Balaban J connectivity index is 1.64. The number of nitrogens with zero attached hydrogens (tertiary/aromatic N) is 2. The highest BCUT2D eigenvalue weighted by Crippen LogP contribution is 2.34. The van der Waals surface area contributed by atoms with Gasteiger partial charge in [0, 0.05) is 22.2 Å². The normalized spacial score (nSPS) is 11.4. The second kappa shape index (κ2) is 5.39. The summed E-state index contributed by atoms with van der Waals surface area (Å²) in [4.78, 5) is 27.5. The van der Waals surface area contributed by atoms with Crippen LogP contribution in [0.5, 0.6) is 0 Å². The maximum Gasteiger partial charge on any atom is 0.260 e. The smallest absolute Gasteiger partial charge is 0.260 e. The van der Waals surface area contributed by atoms with Crippen molar-refractivity contribution in [3.8, 4) is 21.8 Å². The number of rotatable bonds is 2. The van der Waals surface area contributed by atoms with E-state index in [-0.39, 0.29) is 5.56 Å². The second-order valence-corrected chi connectivity index (χ2v) is 6.84. The summed E-state index contributed by atoms with van der Waals surface area (Å²) in [6.07, 6.45) is 3.19. The van der Waals surface area contributed by atoms with Crippen molar-refractivity contribution in [1.29, 1.82) is 0 Å². The van der Waals surface area contributed by atoms with E-state index in [4.69, 9.17) is 0 Å². The molecule has 0 unspecified atom stereocenters. The Morgan fingerprint density at radius 3 is 2.80 bits per heavy atom. The maximum atomic E-state index is 11.9. The quantitative estimate of drug-likeness (QED) is 0.504. The van der Waals surface area contributed by atoms with Crippen molar-refractivity contribution in [2.24, 2.45) is 0 Å². The fraction of sp³-hybridized carbons (Fsp3) is 0. The molecule has 0 saturated heterocycles. The zero-order valence-corrected chi connectivity index (χ0v) is 13.8. The van der Waals surface area contributed by atoms with Crippen molar-refractivity contribution < 1.29 is 0 Å². The highest BCUT2D eigenvalue weighted by atomic mass is 32.1. The van der Waals surface area contributed by atoms with Gasteiger partial charge in [-0.1, -0.05) is 18.2 Å². The van der Waals surface area contributed by atoms with E-state index in [1.165, 1.54) is 16.4 Å². The molecule has 0 aliphatic rings. The Hall–Kier alpha value is -3.25. The van der Waals surface area contributed by atoms with E-state index < -0.39 is 0 Å². The summed E-state index contributed by atoms with van der Waals surface area (Å²) < 4.78 is 1.24. The molecular formula is C19H12N4OS. The largest absolute Gasteiger partial charge is 0.339 e. The number of fused-ring (bicyclic) bond motifs is 2. The third kappa shape index (κ3) is 2.35. The van der Waals surface area contributed by atoms with Gasteiger partial charge >= 0.3 is 0 Å². The number of nitrogens with one attached hydrogen (secondary N) is 2. The lowest BCUT2D eigenvalue weighted by molar-refractivity contribution is 1.16. The molecule has 4 aromatic heterocycles. The van der Waals surface area contributed by atoms with Crippen LogP contribution in [0.1, 0.15) is 0 Å². The summed E-state index contributed by atoms with van der Waals surface area (Å²) in [6.45, 7) is 0. The van der Waals surface area contributed by atoms with Gasteiger partial charge in [0.25, 0.3) is 5.56 Å². The first-order chi connectivity index (χ1) is 12.3. The molecule has 0 aliphatic heterocycles. The minimum absolute atomic E-state index is 0.147. The van der Waals surface area contributed by atoms with Crippen LogP contribution in [0.3, 0.4) is 0 Å². The molecular weight excluding hydrogens is 332 g/mol. The second-order valence-electron chi connectivity index (χ2n) is 5.76. The molecule has 5 aromatic rings. The molecule has 0 spiro atoms. The third-order valence-electron chi connectivity index (χ3n) is 4.18. The lowest BCUT2D eigenvalue weighted by Crippen LogP contribution is -2.04. The fourth-order valence-corrected chi connectivity index (χ4v) is 3.98. The molecule has 0 radical (unpaired) electrons. The van der Waals surface area contributed by atoms with Crippen molar-refractivity contribution in [1.82, 2.24) is 19.9 Å². The standard InChI is InChI=1S/C19H12N4OS/c24-19-13-9-14(23-18(13)21-10-22-19)11-5-6-20-15(7-11)17-8-12-3-1-2-4-16(12)25-17/h1-10H,(H2,21,22,23,24). The molecule has 120 valence electrons. The molecule has 6 heteroatoms. The van der Waals surface area contributed by atoms with Crippen LogP contribution < -0.4 is 5.56 Å². The Kier molecular flexibility index (Phi) is 3.05. The van der Waals surface area contributed by atoms with E-state index in [0.717, 1.165) is 21.8 Å². The number of H-pyrrole nitrogens is 2. The van der Waals surface area contributed by atoms with Crippen LogP contribution in [-0.2, 0) is 0 Å². The maximum absolute atomic E-state index is 11.9. The fourth-order valence-electron chi connectivity index (χ4n) is 2.95. The van der Waals surface area contributed by atoms with Gasteiger partial charge in [0.2, 0.25) is 0 Å². The van der Waals surface area contributed by atoms with Gasteiger partial charge in [-0.3, -0.25) is 9.78 Å². The molecule has 4 heterocycles. The molecule has 0 saturated carbocycles. The van der Waals surface area contributed by atoms with Crippen LogP contribution in [0.25, 0.3) is 42.9 Å². The molecule has 25 heavy (non-hydrogen) atoms. The average Bonchev–Trinajstić information content (AvgIpc) is 3.27. The van der Waals surface area contributed by atoms with Crippen LogP contribution in [0.15, 0.2) is 65.8 Å². The minimum atomic E-state index is -0.147. The summed E-state index contributed by atoms with van der Waals surface area (Å²) in [5, 5.41) is 1.77. The van der Waals surface area contributed by atoms with Crippen molar-refractivity contribution >= 4 is 32.5 Å². The first kappa shape index (κ1) is 14.1. The number of benzene rings is 1. The SMILES string of the molecule is O=c1[nH]cnc2[nH]c(-c3ccnc(-c4cc5ccccc5s4)c3)cc12. The van der Waals surface area contributed by atoms with Gasteiger partial charge in [-0.15, -0.1) is 11.3 Å². The number of thiophene rings is 1. The Labute approximate surface area is 146 Å². The summed E-state index contributed by atoms with van der Waals surface area (Å²) in [5.41, 5.74) is 3.17. The number of aromatic nitrogens is 4. The van der Waals surface area contributed by atoms with E-state index in [1.54, 1.807) is 17.5 Å². The van der Waals surface area contributed by atoms with Crippen LogP contribution in [-0.4, -0.2) is 19.9 Å². The highest BCUT2D eigenvalue weighted by molar-refractivity contribution is 7.22. The van der Waals surface area contributed by atoms with Crippen LogP contribution in [0.4, 0.5) is 0 Å². The van der Waals surface area contributed by atoms with Gasteiger partial charge in [-0.25, -0.2) is 4.98 Å². The van der Waals surface area contributed by atoms with Gasteiger partial charge in [0.05, 0.1) is 22.3 Å². The molecule has 0 bridgehead atoms. The predicted octanol–water partition coefficient (Wildman–Crippen LogP) is 4.19. The van der Waals surface area contributed by atoms with E-state index in [2.05, 4.69) is 38.1 Å². The summed E-state index contributed by atoms with van der Waals surface area (Å²) in [5.74, 6) is 0. The van der Waals surface area contributed by atoms with Crippen molar-refractivity contribution in [2.45, 2.75) is 0 Å². The number of hydrogen-bond acceptors (Lipinski definition) is 4. The Morgan fingerprint density at radius 2 is 1.92 bits per heavy atom. The lowest BCUT2D eigenvalue weighted by Gasteiger charge is -2.01. The highest BCUT2D eigenvalue weighted by Gasteiger charge is 2.10. The average molecular weight is 344 g/mol. The molecule has 2 N–H and O–H groups in total. The summed E-state index contributed by atoms with van der Waals surface area (Å²) in [7, 11) is 0. The third-order valence-corrected chi connectivity index (χ3v) is 5.32. The van der Waals surface area contributed by atoms with Crippen LogP contribution in [0.2, 0.25) is 0 Å². The van der Waals surface area contributed by atoms with Crippen molar-refractivity contribution in [2.75, 3.05) is 0 Å². The first-order valence-electron chi connectivity index (χ1n) is 7.80. The monoisotopic (exact) mass is 344 g/mol. The molecule has 5 rings (SSSR count). The molecule has 0 fully saturated rings.